The average molecular weight is 1070 g/mol. The van der Waals surface area contributed by atoms with Crippen LogP contribution in [0.3, 0.4) is 0 Å². The van der Waals surface area contributed by atoms with E-state index in [0.717, 1.165) is 41.5 Å². The lowest BCUT2D eigenvalue weighted by Gasteiger charge is -2.27. The quantitative estimate of drug-likeness (QED) is 0.0536. The number of sulfonamides is 4. The predicted octanol–water partition coefficient (Wildman–Crippen LogP) is 10.9. The summed E-state index contributed by atoms with van der Waals surface area (Å²) in [5.41, 5.74) is 9.33. The molecular formula is C56H84N4O8S4. The zero-order valence-electron chi connectivity index (χ0n) is 45.8. The minimum absolute atomic E-state index is 0.121. The lowest BCUT2D eigenvalue weighted by molar-refractivity contribution is 0.337. The topological polar surface area (TPSA) is 150 Å². The monoisotopic (exact) mass is 1070 g/mol. The molecule has 0 spiro atoms. The minimum atomic E-state index is -4.03. The largest absolute Gasteiger partial charge is 0.243 e. The first-order valence-electron chi connectivity index (χ1n) is 25.9. The molecule has 400 valence electrons. The Kier molecular flexibility index (Phi) is 20.2. The van der Waals surface area contributed by atoms with Gasteiger partial charge >= 0.3 is 0 Å². The van der Waals surface area contributed by atoms with E-state index in [1.54, 1.807) is 12.9 Å². The molecule has 1 aliphatic carbocycles. The molecule has 72 heavy (non-hydrogen) atoms. The van der Waals surface area contributed by atoms with Crippen LogP contribution in [-0.4, -0.2) is 103 Å². The highest BCUT2D eigenvalue weighted by atomic mass is 32.2. The van der Waals surface area contributed by atoms with Crippen LogP contribution in [-0.2, 0) is 40.1 Å². The summed E-state index contributed by atoms with van der Waals surface area (Å²) >= 11 is 0. The van der Waals surface area contributed by atoms with E-state index >= 15 is 0 Å². The summed E-state index contributed by atoms with van der Waals surface area (Å²) < 4.78 is 122. The van der Waals surface area contributed by atoms with Gasteiger partial charge in [-0.05, 0) is 178 Å². The zero-order valence-corrected chi connectivity index (χ0v) is 49.0. The van der Waals surface area contributed by atoms with Gasteiger partial charge in [0.05, 0.1) is 19.6 Å². The van der Waals surface area contributed by atoms with Crippen molar-refractivity contribution in [3.05, 3.63) is 115 Å². The fourth-order valence-electron chi connectivity index (χ4n) is 11.2. The van der Waals surface area contributed by atoms with Crippen molar-refractivity contribution in [2.75, 3.05) is 52.4 Å². The molecule has 4 aromatic carbocycles. The Bertz CT molecular complexity index is 2950. The van der Waals surface area contributed by atoms with E-state index in [1.807, 2.05) is 139 Å². The van der Waals surface area contributed by atoms with Gasteiger partial charge < -0.3 is 0 Å². The molecule has 0 aromatic heterocycles. The highest BCUT2D eigenvalue weighted by molar-refractivity contribution is 7.90. The summed E-state index contributed by atoms with van der Waals surface area (Å²) in [6.07, 6.45) is 4.90. The van der Waals surface area contributed by atoms with Gasteiger partial charge in [0, 0.05) is 52.4 Å². The van der Waals surface area contributed by atoms with Gasteiger partial charge in [0.15, 0.2) is 0 Å². The number of aryl methyl sites for hydroxylation is 12. The van der Waals surface area contributed by atoms with Gasteiger partial charge in [0.2, 0.25) is 40.1 Å². The molecule has 2 unspecified atom stereocenters. The Morgan fingerprint density at radius 3 is 0.833 bits per heavy atom. The third-order valence-electron chi connectivity index (χ3n) is 14.2. The maximum absolute atomic E-state index is 14.9. The summed E-state index contributed by atoms with van der Waals surface area (Å²) in [5.74, 6) is -0.243. The van der Waals surface area contributed by atoms with Gasteiger partial charge in [-0.15, -0.1) is 0 Å². The molecule has 0 radical (unpaired) electrons. The maximum Gasteiger partial charge on any atom is 0.243 e. The molecule has 4 aromatic rings. The standard InChI is InChI=1S/C56H84N4O8S4/c1-15-17-18-24-58(70(63,64)54-45(9)30-40(4)31-46(54)10)25-20-22-27-60(72(67,68)56-49(13)34-42(6)35-50(56)14)38-52-36-51(52)37-59(71(65,66)55-47(11)32-41(5)33-48(55)12)26-21-19-23-57(16-2)69(61,62)53-43(7)28-39(3)29-44(53)8/h28-35,51-52H,15-27,36-38H2,1-14H3. The van der Waals surface area contributed by atoms with E-state index in [-0.39, 0.29) is 67.4 Å². The van der Waals surface area contributed by atoms with Crippen molar-refractivity contribution in [2.45, 2.75) is 168 Å². The van der Waals surface area contributed by atoms with Crippen molar-refractivity contribution < 1.29 is 33.7 Å². The van der Waals surface area contributed by atoms with E-state index in [0.29, 0.717) is 92.9 Å². The molecule has 0 aliphatic heterocycles. The molecule has 1 aliphatic rings. The van der Waals surface area contributed by atoms with Gasteiger partial charge in [-0.3, -0.25) is 0 Å². The van der Waals surface area contributed by atoms with Crippen molar-refractivity contribution in [2.24, 2.45) is 11.8 Å². The van der Waals surface area contributed by atoms with Crippen LogP contribution in [0.15, 0.2) is 68.1 Å². The highest BCUT2D eigenvalue weighted by Gasteiger charge is 2.44. The van der Waals surface area contributed by atoms with Crippen LogP contribution in [0.1, 0.15) is 132 Å². The lowest BCUT2D eigenvalue weighted by Crippen LogP contribution is -2.38. The van der Waals surface area contributed by atoms with E-state index in [2.05, 4.69) is 6.92 Å². The Morgan fingerprint density at radius 1 is 0.347 bits per heavy atom. The van der Waals surface area contributed by atoms with Crippen LogP contribution >= 0.6 is 0 Å². The molecule has 12 nitrogen and oxygen atoms in total. The second-order valence-electron chi connectivity index (χ2n) is 20.9. The Labute approximate surface area is 435 Å². The summed E-state index contributed by atoms with van der Waals surface area (Å²) in [4.78, 5) is 1.18. The van der Waals surface area contributed by atoms with E-state index < -0.39 is 40.1 Å². The Balaban J connectivity index is 1.39. The minimum Gasteiger partial charge on any atom is -0.207 e. The second kappa shape index (κ2) is 24.5. The summed E-state index contributed by atoms with van der Waals surface area (Å²) in [6, 6.07) is 15.1. The van der Waals surface area contributed by atoms with Crippen molar-refractivity contribution in [3.8, 4) is 0 Å². The summed E-state index contributed by atoms with van der Waals surface area (Å²) in [7, 11) is -15.7. The average Bonchev–Trinajstić information content (AvgIpc) is 3.98. The first-order chi connectivity index (χ1) is 33.6. The van der Waals surface area contributed by atoms with Crippen LogP contribution in [0.4, 0.5) is 0 Å². The van der Waals surface area contributed by atoms with Crippen LogP contribution in [0.25, 0.3) is 0 Å². The fourth-order valence-corrected chi connectivity index (χ4v) is 18.9. The SMILES string of the molecule is CCCCCN(CCCCN(CC1CC1CN(CCCCN(CC)S(=O)(=O)c1c(C)cc(C)cc1C)S(=O)(=O)c1c(C)cc(C)cc1C)S(=O)(=O)c1c(C)cc(C)cc1C)S(=O)(=O)c1c(C)cc(C)cc1C. The molecule has 0 amide bonds. The molecule has 0 saturated heterocycles. The number of rotatable bonds is 27. The molecule has 0 N–H and O–H groups in total. The maximum atomic E-state index is 14.9. The molecule has 0 bridgehead atoms. The normalized spacial score (nSPS) is 15.7. The van der Waals surface area contributed by atoms with E-state index in [9.17, 15) is 33.7 Å². The van der Waals surface area contributed by atoms with Crippen molar-refractivity contribution >= 4 is 40.1 Å². The highest BCUT2D eigenvalue weighted by Crippen LogP contribution is 2.42. The summed E-state index contributed by atoms with van der Waals surface area (Å²) in [5, 5.41) is 0. The Morgan fingerprint density at radius 2 is 0.569 bits per heavy atom. The number of hydrogen-bond donors (Lipinski definition) is 0. The first-order valence-corrected chi connectivity index (χ1v) is 31.7. The van der Waals surface area contributed by atoms with Crippen LogP contribution < -0.4 is 0 Å². The van der Waals surface area contributed by atoms with E-state index in [1.165, 1.54) is 4.31 Å². The number of hydrogen-bond acceptors (Lipinski definition) is 8. The van der Waals surface area contributed by atoms with Gasteiger partial charge in [-0.25, -0.2) is 33.7 Å². The van der Waals surface area contributed by atoms with Crippen molar-refractivity contribution in [1.82, 2.24) is 17.2 Å². The Hall–Kier alpha value is -3.48. The number of unbranched alkanes of at least 4 members (excludes halogenated alkanes) is 4. The lowest BCUT2D eigenvalue weighted by atomic mass is 10.1. The van der Waals surface area contributed by atoms with Crippen LogP contribution in [0.2, 0.25) is 0 Å². The van der Waals surface area contributed by atoms with Crippen LogP contribution in [0, 0.1) is 94.9 Å². The molecule has 1 saturated carbocycles. The molecule has 1 fully saturated rings. The van der Waals surface area contributed by atoms with Gasteiger partial charge in [0.1, 0.15) is 0 Å². The van der Waals surface area contributed by atoms with Gasteiger partial charge in [-0.1, -0.05) is 97.5 Å². The third kappa shape index (κ3) is 13.9. The fraction of sp³-hybridized carbons (Fsp3) is 0.571. The van der Waals surface area contributed by atoms with Crippen molar-refractivity contribution in [3.63, 3.8) is 0 Å². The van der Waals surface area contributed by atoms with Crippen molar-refractivity contribution in [1.29, 1.82) is 0 Å². The molecule has 0 heterocycles. The molecule has 2 atom stereocenters. The molecule has 16 heteroatoms. The predicted molar refractivity (Wildman–Crippen MR) is 293 cm³/mol. The van der Waals surface area contributed by atoms with Gasteiger partial charge in [-0.2, -0.15) is 17.2 Å². The number of benzene rings is 4. The first kappa shape index (κ1) is 59.4. The third-order valence-corrected chi connectivity index (χ3v) is 23.1. The number of nitrogens with zero attached hydrogens (tertiary/aromatic N) is 4. The summed E-state index contributed by atoms with van der Waals surface area (Å²) in [6.45, 7) is 28.1. The molecular weight excluding hydrogens is 985 g/mol. The van der Waals surface area contributed by atoms with Gasteiger partial charge in [0.25, 0.3) is 0 Å². The molecule has 5 rings (SSSR count). The zero-order chi connectivity index (χ0) is 53.7. The second-order valence-corrected chi connectivity index (χ2v) is 28.4. The smallest absolute Gasteiger partial charge is 0.207 e. The van der Waals surface area contributed by atoms with Crippen LogP contribution in [0.5, 0.6) is 0 Å². The van der Waals surface area contributed by atoms with E-state index in [4.69, 9.17) is 0 Å².